The lowest BCUT2D eigenvalue weighted by Crippen LogP contribution is -2.23. The van der Waals surface area contributed by atoms with Gasteiger partial charge in [0.1, 0.15) is 12.0 Å². The average Bonchev–Trinajstić information content (AvgIpc) is 3.33. The lowest BCUT2D eigenvalue weighted by Gasteiger charge is -2.03. The first-order chi connectivity index (χ1) is 11.3. The third-order valence-corrected chi connectivity index (χ3v) is 4.18. The Morgan fingerprint density at radius 2 is 2.22 bits per heavy atom. The Balaban J connectivity index is 1.60. The SMILES string of the molecule is O=C(NCc1nnc2ccc(-c3cccs3)nn12)c1ccoc1. The number of hydrogen-bond donors (Lipinski definition) is 1. The Kier molecular flexibility index (Phi) is 3.35. The average molecular weight is 325 g/mol. The first-order valence-corrected chi connectivity index (χ1v) is 7.75. The molecule has 7 nitrogen and oxygen atoms in total. The summed E-state index contributed by atoms with van der Waals surface area (Å²) in [4.78, 5) is 13.0. The summed E-state index contributed by atoms with van der Waals surface area (Å²) in [6.07, 6.45) is 2.85. The Morgan fingerprint density at radius 3 is 3.00 bits per heavy atom. The summed E-state index contributed by atoms with van der Waals surface area (Å²) in [5.41, 5.74) is 1.94. The third kappa shape index (κ3) is 2.59. The van der Waals surface area contributed by atoms with E-state index in [1.54, 1.807) is 21.9 Å². The monoisotopic (exact) mass is 325 g/mol. The van der Waals surface area contributed by atoms with Crippen LogP contribution in [0, 0.1) is 0 Å². The molecular formula is C15H11N5O2S. The molecule has 0 saturated carbocycles. The number of nitrogens with zero attached hydrogens (tertiary/aromatic N) is 4. The van der Waals surface area contributed by atoms with Gasteiger partial charge in [-0.15, -0.1) is 21.5 Å². The van der Waals surface area contributed by atoms with Crippen LogP contribution in [0.4, 0.5) is 0 Å². The summed E-state index contributed by atoms with van der Waals surface area (Å²) in [6.45, 7) is 0.228. The second-order valence-corrected chi connectivity index (χ2v) is 5.72. The van der Waals surface area contributed by atoms with Gasteiger partial charge in [0.15, 0.2) is 11.5 Å². The van der Waals surface area contributed by atoms with Crippen LogP contribution in [0.15, 0.2) is 52.7 Å². The van der Waals surface area contributed by atoms with Crippen LogP contribution in [0.25, 0.3) is 16.2 Å². The predicted octanol–water partition coefficient (Wildman–Crippen LogP) is 2.38. The molecule has 0 atom stereocenters. The summed E-state index contributed by atoms with van der Waals surface area (Å²) in [5.74, 6) is 0.333. The van der Waals surface area contributed by atoms with Gasteiger partial charge in [0, 0.05) is 0 Å². The first-order valence-electron chi connectivity index (χ1n) is 6.87. The molecule has 0 radical (unpaired) electrons. The van der Waals surface area contributed by atoms with E-state index in [1.165, 1.54) is 12.5 Å². The molecule has 0 aliphatic rings. The van der Waals surface area contributed by atoms with Crippen LogP contribution in [0.1, 0.15) is 16.2 Å². The normalized spacial score (nSPS) is 11.0. The van der Waals surface area contributed by atoms with Gasteiger partial charge in [-0.1, -0.05) is 6.07 Å². The van der Waals surface area contributed by atoms with E-state index in [4.69, 9.17) is 4.42 Å². The molecule has 0 saturated heterocycles. The second-order valence-electron chi connectivity index (χ2n) is 4.78. The molecule has 114 valence electrons. The molecule has 0 aliphatic heterocycles. The minimum atomic E-state index is -0.232. The minimum absolute atomic E-state index is 0.228. The van der Waals surface area contributed by atoms with E-state index < -0.39 is 0 Å². The van der Waals surface area contributed by atoms with E-state index in [2.05, 4.69) is 20.6 Å². The highest BCUT2D eigenvalue weighted by atomic mass is 32.1. The highest BCUT2D eigenvalue weighted by molar-refractivity contribution is 7.13. The van der Waals surface area contributed by atoms with Gasteiger partial charge < -0.3 is 9.73 Å². The number of rotatable bonds is 4. The fraction of sp³-hybridized carbons (Fsp3) is 0.0667. The number of fused-ring (bicyclic) bond motifs is 1. The highest BCUT2D eigenvalue weighted by Gasteiger charge is 2.12. The largest absolute Gasteiger partial charge is 0.472 e. The maximum absolute atomic E-state index is 11.9. The van der Waals surface area contributed by atoms with Crippen molar-refractivity contribution in [3.63, 3.8) is 0 Å². The van der Waals surface area contributed by atoms with E-state index in [1.807, 2.05) is 29.6 Å². The van der Waals surface area contributed by atoms with Gasteiger partial charge in [0.25, 0.3) is 5.91 Å². The lowest BCUT2D eigenvalue weighted by molar-refractivity contribution is 0.0949. The van der Waals surface area contributed by atoms with E-state index in [-0.39, 0.29) is 12.5 Å². The zero-order chi connectivity index (χ0) is 15.6. The zero-order valence-electron chi connectivity index (χ0n) is 11.8. The van der Waals surface area contributed by atoms with Crippen molar-refractivity contribution in [2.24, 2.45) is 0 Å². The maximum Gasteiger partial charge on any atom is 0.254 e. The van der Waals surface area contributed by atoms with Crippen molar-refractivity contribution in [2.75, 3.05) is 0 Å². The van der Waals surface area contributed by atoms with Crippen LogP contribution in [-0.4, -0.2) is 25.7 Å². The minimum Gasteiger partial charge on any atom is -0.472 e. The number of carbonyl (C=O) groups is 1. The topological polar surface area (TPSA) is 85.3 Å². The van der Waals surface area contributed by atoms with Gasteiger partial charge >= 0.3 is 0 Å². The molecule has 4 aromatic heterocycles. The third-order valence-electron chi connectivity index (χ3n) is 3.29. The number of hydrogen-bond acceptors (Lipinski definition) is 6. The molecule has 8 heteroatoms. The van der Waals surface area contributed by atoms with E-state index in [0.29, 0.717) is 17.0 Å². The summed E-state index contributed by atoms with van der Waals surface area (Å²) < 4.78 is 6.54. The number of thiophene rings is 1. The number of nitrogens with one attached hydrogen (secondary N) is 1. The quantitative estimate of drug-likeness (QED) is 0.622. The maximum atomic E-state index is 11.9. The number of carbonyl (C=O) groups excluding carboxylic acids is 1. The van der Waals surface area contributed by atoms with Crippen LogP contribution in [0.5, 0.6) is 0 Å². The van der Waals surface area contributed by atoms with Crippen LogP contribution in [-0.2, 0) is 6.54 Å². The van der Waals surface area contributed by atoms with Crippen LogP contribution in [0.3, 0.4) is 0 Å². The van der Waals surface area contributed by atoms with Crippen molar-refractivity contribution in [2.45, 2.75) is 6.54 Å². The number of aromatic nitrogens is 4. The molecule has 1 amide bonds. The zero-order valence-corrected chi connectivity index (χ0v) is 12.7. The van der Waals surface area contributed by atoms with Crippen molar-refractivity contribution < 1.29 is 9.21 Å². The molecule has 0 aliphatic carbocycles. The van der Waals surface area contributed by atoms with Crippen LogP contribution >= 0.6 is 11.3 Å². The molecule has 23 heavy (non-hydrogen) atoms. The van der Waals surface area contributed by atoms with E-state index in [9.17, 15) is 4.79 Å². The molecule has 4 heterocycles. The van der Waals surface area contributed by atoms with Crippen molar-refractivity contribution in [1.29, 1.82) is 0 Å². The molecule has 4 aromatic rings. The van der Waals surface area contributed by atoms with Crippen LogP contribution < -0.4 is 5.32 Å². The standard InChI is InChI=1S/C15H11N5O2S/c21-15(10-5-6-22-9-10)16-8-14-18-17-13-4-3-11(19-20(13)14)12-2-1-7-23-12/h1-7,9H,8H2,(H,16,21). The molecule has 0 unspecified atom stereocenters. The lowest BCUT2D eigenvalue weighted by atomic mass is 10.3. The van der Waals surface area contributed by atoms with Crippen molar-refractivity contribution >= 4 is 22.9 Å². The summed E-state index contributed by atoms with van der Waals surface area (Å²) in [6, 6.07) is 9.35. The van der Waals surface area contributed by atoms with Gasteiger partial charge in [-0.3, -0.25) is 4.79 Å². The molecule has 0 bridgehead atoms. The molecular weight excluding hydrogens is 314 g/mol. The van der Waals surface area contributed by atoms with Gasteiger partial charge in [-0.25, -0.2) is 0 Å². The van der Waals surface area contributed by atoms with E-state index >= 15 is 0 Å². The fourth-order valence-corrected chi connectivity index (χ4v) is 2.84. The Labute approximate surface area is 134 Å². The highest BCUT2D eigenvalue weighted by Crippen LogP contribution is 2.22. The summed E-state index contributed by atoms with van der Waals surface area (Å²) in [7, 11) is 0. The van der Waals surface area contributed by atoms with Crippen molar-refractivity contribution in [3.05, 3.63) is 59.6 Å². The first kappa shape index (κ1) is 13.6. The number of amides is 1. The van der Waals surface area contributed by atoms with Gasteiger partial charge in [0.05, 0.1) is 23.2 Å². The Bertz CT molecular complexity index is 944. The van der Waals surface area contributed by atoms with Crippen LogP contribution in [0.2, 0.25) is 0 Å². The fourth-order valence-electron chi connectivity index (χ4n) is 2.15. The van der Waals surface area contributed by atoms with Gasteiger partial charge in [-0.05, 0) is 29.6 Å². The molecule has 1 N–H and O–H groups in total. The summed E-state index contributed by atoms with van der Waals surface area (Å²) in [5, 5.41) is 17.5. The molecule has 0 fully saturated rings. The van der Waals surface area contributed by atoms with Crippen molar-refractivity contribution in [1.82, 2.24) is 25.1 Å². The number of furan rings is 1. The Hall–Kier alpha value is -3.00. The molecule has 0 aromatic carbocycles. The van der Waals surface area contributed by atoms with E-state index in [0.717, 1.165) is 10.6 Å². The predicted molar refractivity (Wildman–Crippen MR) is 84.0 cm³/mol. The summed E-state index contributed by atoms with van der Waals surface area (Å²) >= 11 is 1.61. The molecule has 0 spiro atoms. The Morgan fingerprint density at radius 1 is 1.26 bits per heavy atom. The van der Waals surface area contributed by atoms with Gasteiger partial charge in [0.2, 0.25) is 0 Å². The smallest absolute Gasteiger partial charge is 0.254 e. The molecule has 4 rings (SSSR count). The second kappa shape index (κ2) is 5.65. The van der Waals surface area contributed by atoms with Crippen molar-refractivity contribution in [3.8, 4) is 10.6 Å². The van der Waals surface area contributed by atoms with Gasteiger partial charge in [-0.2, -0.15) is 9.61 Å².